The van der Waals surface area contributed by atoms with Crippen LogP contribution in [0.2, 0.25) is 10.0 Å². The Hall–Kier alpha value is -2.37. The fraction of sp³-hybridized carbons (Fsp3) is 0.250. The zero-order valence-corrected chi connectivity index (χ0v) is 16.5. The van der Waals surface area contributed by atoms with Gasteiger partial charge in [0.05, 0.1) is 10.6 Å². The summed E-state index contributed by atoms with van der Waals surface area (Å²) in [5, 5.41) is 7.99. The zero-order valence-electron chi connectivity index (χ0n) is 14.9. The number of benzene rings is 2. The number of hydrogen-bond donors (Lipinski definition) is 1. The second kappa shape index (κ2) is 8.55. The van der Waals surface area contributed by atoms with Crippen molar-refractivity contribution >= 4 is 29.1 Å². The van der Waals surface area contributed by atoms with Gasteiger partial charge >= 0.3 is 0 Å². The molecule has 0 saturated heterocycles. The van der Waals surface area contributed by atoms with Gasteiger partial charge in [0.2, 0.25) is 11.7 Å². The van der Waals surface area contributed by atoms with Crippen LogP contribution in [0.5, 0.6) is 0 Å². The van der Waals surface area contributed by atoms with Crippen molar-refractivity contribution in [2.45, 2.75) is 26.3 Å². The van der Waals surface area contributed by atoms with Crippen LogP contribution in [0.15, 0.2) is 53.1 Å². The van der Waals surface area contributed by atoms with Crippen molar-refractivity contribution in [2.75, 3.05) is 0 Å². The minimum Gasteiger partial charge on any atom is -0.340 e. The lowest BCUT2D eigenvalue weighted by atomic mass is 9.98. The van der Waals surface area contributed by atoms with Gasteiger partial charge in [-0.15, -0.1) is 0 Å². The van der Waals surface area contributed by atoms with Crippen LogP contribution < -0.4 is 5.32 Å². The molecule has 0 saturated carbocycles. The lowest BCUT2D eigenvalue weighted by Crippen LogP contribution is -2.33. The zero-order chi connectivity index (χ0) is 19.4. The summed E-state index contributed by atoms with van der Waals surface area (Å²) in [6.07, 6.45) is 0.822. The predicted octanol–water partition coefficient (Wildman–Crippen LogP) is 5.56. The molecule has 1 N–H and O–H groups in total. The quantitative estimate of drug-likeness (QED) is 0.584. The van der Waals surface area contributed by atoms with E-state index in [4.69, 9.17) is 27.7 Å². The van der Waals surface area contributed by atoms with Gasteiger partial charge in [-0.05, 0) is 30.2 Å². The molecule has 0 aliphatic heterocycles. The maximum Gasteiger partial charge on any atom is 0.253 e. The van der Waals surface area contributed by atoms with E-state index >= 15 is 0 Å². The van der Waals surface area contributed by atoms with Gasteiger partial charge in [0, 0.05) is 10.6 Å². The molecule has 1 heterocycles. The second-order valence-corrected chi connectivity index (χ2v) is 7.13. The Morgan fingerprint density at radius 3 is 2.67 bits per heavy atom. The molecule has 1 aromatic heterocycles. The van der Waals surface area contributed by atoms with E-state index in [1.54, 1.807) is 36.4 Å². The van der Waals surface area contributed by atoms with Crippen molar-refractivity contribution < 1.29 is 9.32 Å². The van der Waals surface area contributed by atoms with E-state index in [-0.39, 0.29) is 11.8 Å². The highest BCUT2D eigenvalue weighted by Crippen LogP contribution is 2.27. The first kappa shape index (κ1) is 19.4. The van der Waals surface area contributed by atoms with Crippen molar-refractivity contribution in [3.05, 3.63) is 70.0 Å². The van der Waals surface area contributed by atoms with E-state index in [9.17, 15) is 4.79 Å². The summed E-state index contributed by atoms with van der Waals surface area (Å²) >= 11 is 12.2. The molecule has 27 heavy (non-hydrogen) atoms. The molecule has 140 valence electrons. The molecule has 0 spiro atoms. The van der Waals surface area contributed by atoms with Crippen LogP contribution in [-0.4, -0.2) is 16.0 Å². The Labute approximate surface area is 167 Å². The Balaban J connectivity index is 1.88. The minimum absolute atomic E-state index is 0.0871. The van der Waals surface area contributed by atoms with Crippen molar-refractivity contribution in [1.29, 1.82) is 0 Å². The van der Waals surface area contributed by atoms with Gasteiger partial charge in [0.1, 0.15) is 6.04 Å². The molecule has 0 bridgehead atoms. The molecular formula is C20H19Cl2N3O2. The smallest absolute Gasteiger partial charge is 0.253 e. The largest absolute Gasteiger partial charge is 0.340 e. The second-order valence-electron chi connectivity index (χ2n) is 6.28. The van der Waals surface area contributed by atoms with Crippen LogP contribution in [0, 0.1) is 5.92 Å². The van der Waals surface area contributed by atoms with Gasteiger partial charge in [-0.25, -0.2) is 0 Å². The van der Waals surface area contributed by atoms with Crippen molar-refractivity contribution in [3.63, 3.8) is 0 Å². The van der Waals surface area contributed by atoms with Crippen LogP contribution in [-0.2, 0) is 0 Å². The molecule has 0 aliphatic rings. The van der Waals surface area contributed by atoms with Crippen LogP contribution >= 0.6 is 23.2 Å². The number of amides is 1. The molecule has 7 heteroatoms. The first-order valence-corrected chi connectivity index (χ1v) is 9.40. The highest BCUT2D eigenvalue weighted by molar-refractivity contribution is 6.33. The summed E-state index contributed by atoms with van der Waals surface area (Å²) in [5.74, 6) is 0.574. The van der Waals surface area contributed by atoms with Gasteiger partial charge in [0.25, 0.3) is 5.91 Å². The number of rotatable bonds is 6. The molecule has 5 nitrogen and oxygen atoms in total. The molecule has 1 amide bonds. The van der Waals surface area contributed by atoms with Crippen molar-refractivity contribution in [3.8, 4) is 11.4 Å². The van der Waals surface area contributed by atoms with Gasteiger partial charge in [0.15, 0.2) is 0 Å². The van der Waals surface area contributed by atoms with E-state index in [0.717, 1.165) is 12.0 Å². The fourth-order valence-electron chi connectivity index (χ4n) is 2.65. The first-order chi connectivity index (χ1) is 13.0. The third-order valence-electron chi connectivity index (χ3n) is 4.41. The Morgan fingerprint density at radius 2 is 1.96 bits per heavy atom. The molecule has 2 atom stereocenters. The molecule has 0 radical (unpaired) electrons. The summed E-state index contributed by atoms with van der Waals surface area (Å²) in [7, 11) is 0. The van der Waals surface area contributed by atoms with E-state index in [1.807, 2.05) is 26.0 Å². The van der Waals surface area contributed by atoms with Crippen LogP contribution in [0.3, 0.4) is 0 Å². The number of carbonyl (C=O) groups excluding carboxylic acids is 1. The van der Waals surface area contributed by atoms with Crippen LogP contribution in [0.25, 0.3) is 11.4 Å². The minimum atomic E-state index is -0.431. The van der Waals surface area contributed by atoms with Crippen LogP contribution in [0.1, 0.15) is 42.6 Å². The van der Waals surface area contributed by atoms with Gasteiger partial charge < -0.3 is 9.84 Å². The standard InChI is InChI=1S/C20H19Cl2N3O2/c1-3-12(2)17(23-19(26)15-9-4-5-10-16(15)22)20-24-18(25-27-20)13-7-6-8-14(21)11-13/h4-12,17H,3H2,1-2H3,(H,23,26)/t12-,17-/m1/s1. The van der Waals surface area contributed by atoms with E-state index in [0.29, 0.717) is 27.3 Å². The Kier molecular flexibility index (Phi) is 6.14. The normalized spacial score (nSPS) is 13.2. The summed E-state index contributed by atoms with van der Waals surface area (Å²) in [6.45, 7) is 4.05. The number of nitrogens with zero attached hydrogens (tertiary/aromatic N) is 2. The van der Waals surface area contributed by atoms with Crippen molar-refractivity contribution in [1.82, 2.24) is 15.5 Å². The molecule has 0 fully saturated rings. The summed E-state index contributed by atoms with van der Waals surface area (Å²) in [5.41, 5.74) is 1.15. The third-order valence-corrected chi connectivity index (χ3v) is 4.97. The molecular weight excluding hydrogens is 385 g/mol. The Bertz CT molecular complexity index is 942. The molecule has 3 aromatic rings. The Morgan fingerprint density at radius 1 is 1.19 bits per heavy atom. The van der Waals surface area contributed by atoms with Crippen LogP contribution in [0.4, 0.5) is 0 Å². The van der Waals surface area contributed by atoms with E-state index in [2.05, 4.69) is 15.5 Å². The van der Waals surface area contributed by atoms with Crippen molar-refractivity contribution in [2.24, 2.45) is 5.92 Å². The number of carbonyl (C=O) groups is 1. The lowest BCUT2D eigenvalue weighted by Gasteiger charge is -2.21. The maximum absolute atomic E-state index is 12.7. The van der Waals surface area contributed by atoms with Gasteiger partial charge in [-0.3, -0.25) is 4.79 Å². The topological polar surface area (TPSA) is 68.0 Å². The van der Waals surface area contributed by atoms with Gasteiger partial charge in [-0.2, -0.15) is 4.98 Å². The van der Waals surface area contributed by atoms with E-state index < -0.39 is 6.04 Å². The molecule has 0 unspecified atom stereocenters. The number of hydrogen-bond acceptors (Lipinski definition) is 4. The van der Waals surface area contributed by atoms with Gasteiger partial charge in [-0.1, -0.05) is 72.9 Å². The number of halogens is 2. The lowest BCUT2D eigenvalue weighted by molar-refractivity contribution is 0.0910. The third kappa shape index (κ3) is 4.49. The molecule has 2 aromatic carbocycles. The maximum atomic E-state index is 12.7. The number of nitrogens with one attached hydrogen (secondary N) is 1. The fourth-order valence-corrected chi connectivity index (χ4v) is 3.07. The average Bonchev–Trinajstić information content (AvgIpc) is 3.15. The first-order valence-electron chi connectivity index (χ1n) is 8.64. The van der Waals surface area contributed by atoms with E-state index in [1.165, 1.54) is 0 Å². The highest BCUT2D eigenvalue weighted by atomic mass is 35.5. The predicted molar refractivity (Wildman–Crippen MR) is 106 cm³/mol. The SMILES string of the molecule is CC[C@@H](C)[C@@H](NC(=O)c1ccccc1Cl)c1nc(-c2cccc(Cl)c2)no1. The molecule has 3 rings (SSSR count). The number of aromatic nitrogens is 2. The average molecular weight is 404 g/mol. The monoisotopic (exact) mass is 403 g/mol. The summed E-state index contributed by atoms with van der Waals surface area (Å²) in [4.78, 5) is 17.2. The summed E-state index contributed by atoms with van der Waals surface area (Å²) < 4.78 is 5.46. The summed E-state index contributed by atoms with van der Waals surface area (Å²) in [6, 6.07) is 13.7. The molecule has 0 aliphatic carbocycles. The highest BCUT2D eigenvalue weighted by Gasteiger charge is 2.27.